The quantitative estimate of drug-likeness (QED) is 0.464. The number of rotatable bonds is 7. The molecule has 0 unspecified atom stereocenters. The van der Waals surface area contributed by atoms with E-state index in [0.717, 1.165) is 12.8 Å². The fraction of sp³-hybridized carbons (Fsp3) is 0.462. The first-order valence-electron chi connectivity index (χ1n) is 5.98. The highest BCUT2D eigenvalue weighted by Gasteiger charge is 2.05. The van der Waals surface area contributed by atoms with E-state index >= 15 is 0 Å². The predicted octanol–water partition coefficient (Wildman–Crippen LogP) is 2.68. The van der Waals surface area contributed by atoms with Crippen molar-refractivity contribution in [3.8, 4) is 6.07 Å². The van der Waals surface area contributed by atoms with E-state index in [2.05, 4.69) is 32.9 Å². The normalized spacial score (nSPS) is 9.78. The lowest BCUT2D eigenvalue weighted by Gasteiger charge is -2.04. The van der Waals surface area contributed by atoms with Crippen LogP contribution in [0, 0.1) is 11.3 Å². The summed E-state index contributed by atoms with van der Waals surface area (Å²) in [5.41, 5.74) is 0.826. The summed E-state index contributed by atoms with van der Waals surface area (Å²) in [6, 6.07) is 5.14. The molecule has 96 valence electrons. The highest BCUT2D eigenvalue weighted by Crippen LogP contribution is 2.02. The first kappa shape index (κ1) is 14.9. The number of amides is 1. The van der Waals surface area contributed by atoms with Crippen LogP contribution in [0.4, 0.5) is 0 Å². The molecule has 0 aliphatic carbocycles. The fourth-order valence-electron chi connectivity index (χ4n) is 1.46. The molecular weight excluding hydrogens is 341 g/mol. The highest BCUT2D eigenvalue weighted by atomic mass is 127. The van der Waals surface area contributed by atoms with E-state index in [9.17, 15) is 4.79 Å². The number of nitrogens with one attached hydrogen (secondary N) is 1. The van der Waals surface area contributed by atoms with Crippen molar-refractivity contribution in [3.05, 3.63) is 29.6 Å². The molecule has 4 nitrogen and oxygen atoms in total. The van der Waals surface area contributed by atoms with Crippen molar-refractivity contribution in [2.75, 3.05) is 11.0 Å². The molecule has 0 fully saturated rings. The molecule has 1 aromatic rings. The monoisotopic (exact) mass is 357 g/mol. The average molecular weight is 357 g/mol. The van der Waals surface area contributed by atoms with Gasteiger partial charge in [-0.15, -0.1) is 0 Å². The summed E-state index contributed by atoms with van der Waals surface area (Å²) in [5.74, 6) is -0.173. The molecular formula is C13H16IN3O. The Hall–Kier alpha value is -1.16. The largest absolute Gasteiger partial charge is 0.351 e. The molecule has 1 rings (SSSR count). The summed E-state index contributed by atoms with van der Waals surface area (Å²) in [6.07, 6.45) is 6.01. The number of alkyl halides is 1. The number of hydrogen-bond donors (Lipinski definition) is 1. The maximum absolute atomic E-state index is 11.7. The lowest BCUT2D eigenvalue weighted by atomic mass is 10.2. The molecule has 1 aromatic heterocycles. The third-order valence-electron chi connectivity index (χ3n) is 2.47. The first-order valence-corrected chi connectivity index (χ1v) is 7.51. The SMILES string of the molecule is N#Cc1ccc(C(=O)NCCCCCCI)nc1. The summed E-state index contributed by atoms with van der Waals surface area (Å²) in [4.78, 5) is 15.6. The zero-order valence-electron chi connectivity index (χ0n) is 10.2. The number of carbonyl (C=O) groups is 1. The van der Waals surface area contributed by atoms with Crippen LogP contribution in [0.15, 0.2) is 18.3 Å². The maximum atomic E-state index is 11.7. The van der Waals surface area contributed by atoms with Crippen molar-refractivity contribution in [1.82, 2.24) is 10.3 Å². The fourth-order valence-corrected chi connectivity index (χ4v) is 2.00. The van der Waals surface area contributed by atoms with Crippen LogP contribution in [0.5, 0.6) is 0 Å². The third kappa shape index (κ3) is 5.45. The van der Waals surface area contributed by atoms with Gasteiger partial charge in [0.1, 0.15) is 11.8 Å². The zero-order chi connectivity index (χ0) is 13.2. The summed E-state index contributed by atoms with van der Waals surface area (Å²) < 4.78 is 1.19. The van der Waals surface area contributed by atoms with Gasteiger partial charge in [-0.3, -0.25) is 4.79 Å². The molecule has 0 radical (unpaired) electrons. The van der Waals surface area contributed by atoms with Gasteiger partial charge >= 0.3 is 0 Å². The maximum Gasteiger partial charge on any atom is 0.269 e. The number of halogens is 1. The van der Waals surface area contributed by atoms with Crippen LogP contribution >= 0.6 is 22.6 Å². The van der Waals surface area contributed by atoms with Gasteiger partial charge in [0.15, 0.2) is 0 Å². The molecule has 0 aliphatic rings. The second-order valence-electron chi connectivity index (χ2n) is 3.90. The molecule has 0 atom stereocenters. The molecule has 1 heterocycles. The van der Waals surface area contributed by atoms with Crippen molar-refractivity contribution in [2.24, 2.45) is 0 Å². The Morgan fingerprint density at radius 2 is 2.11 bits per heavy atom. The predicted molar refractivity (Wildman–Crippen MR) is 78.6 cm³/mol. The standard InChI is InChI=1S/C13H16IN3O/c14-7-3-1-2-4-8-16-13(18)12-6-5-11(9-15)10-17-12/h5-6,10H,1-4,7-8H2,(H,16,18). The van der Waals surface area contributed by atoms with Crippen LogP contribution < -0.4 is 5.32 Å². The van der Waals surface area contributed by atoms with Crippen LogP contribution in [0.3, 0.4) is 0 Å². The summed E-state index contributed by atoms with van der Waals surface area (Å²) >= 11 is 2.37. The molecule has 0 spiro atoms. The number of unbranched alkanes of at least 4 members (excludes halogenated alkanes) is 3. The van der Waals surface area contributed by atoms with Crippen LogP contribution in [-0.4, -0.2) is 21.9 Å². The number of nitrogens with zero attached hydrogens (tertiary/aromatic N) is 2. The van der Waals surface area contributed by atoms with Crippen LogP contribution in [0.1, 0.15) is 41.7 Å². The molecule has 1 N–H and O–H groups in total. The Bertz CT molecular complexity index is 411. The van der Waals surface area contributed by atoms with E-state index in [4.69, 9.17) is 5.26 Å². The smallest absolute Gasteiger partial charge is 0.269 e. The van der Waals surface area contributed by atoms with Gasteiger partial charge in [-0.2, -0.15) is 5.26 Å². The van der Waals surface area contributed by atoms with Gasteiger partial charge in [0.25, 0.3) is 5.91 Å². The van der Waals surface area contributed by atoms with Crippen molar-refractivity contribution >= 4 is 28.5 Å². The highest BCUT2D eigenvalue weighted by molar-refractivity contribution is 14.1. The second kappa shape index (κ2) is 8.86. The Morgan fingerprint density at radius 3 is 2.72 bits per heavy atom. The van der Waals surface area contributed by atoms with E-state index < -0.39 is 0 Å². The Balaban J connectivity index is 2.26. The van der Waals surface area contributed by atoms with Crippen LogP contribution in [0.25, 0.3) is 0 Å². The van der Waals surface area contributed by atoms with Gasteiger partial charge in [0, 0.05) is 12.7 Å². The van der Waals surface area contributed by atoms with Gasteiger partial charge in [0.05, 0.1) is 5.56 Å². The van der Waals surface area contributed by atoms with E-state index in [1.54, 1.807) is 12.1 Å². The van der Waals surface area contributed by atoms with Crippen molar-refractivity contribution in [1.29, 1.82) is 5.26 Å². The topological polar surface area (TPSA) is 65.8 Å². The van der Waals surface area contributed by atoms with E-state index in [1.165, 1.54) is 23.5 Å². The molecule has 5 heteroatoms. The van der Waals surface area contributed by atoms with Gasteiger partial charge in [-0.05, 0) is 29.4 Å². The average Bonchev–Trinajstić information content (AvgIpc) is 2.42. The van der Waals surface area contributed by atoms with Gasteiger partial charge in [-0.1, -0.05) is 35.4 Å². The minimum absolute atomic E-state index is 0.173. The summed E-state index contributed by atoms with van der Waals surface area (Å²) in [7, 11) is 0. The Labute approximate surface area is 121 Å². The van der Waals surface area contributed by atoms with Gasteiger partial charge < -0.3 is 5.32 Å². The van der Waals surface area contributed by atoms with E-state index in [-0.39, 0.29) is 5.91 Å². The lowest BCUT2D eigenvalue weighted by molar-refractivity contribution is 0.0948. The molecule has 0 saturated heterocycles. The van der Waals surface area contributed by atoms with Gasteiger partial charge in [0.2, 0.25) is 0 Å². The molecule has 0 aromatic carbocycles. The number of nitriles is 1. The molecule has 0 saturated carbocycles. The number of pyridine rings is 1. The third-order valence-corrected chi connectivity index (χ3v) is 3.23. The molecule has 1 amide bonds. The van der Waals surface area contributed by atoms with Gasteiger partial charge in [-0.25, -0.2) is 4.98 Å². The van der Waals surface area contributed by atoms with E-state index in [0.29, 0.717) is 17.8 Å². The minimum atomic E-state index is -0.173. The minimum Gasteiger partial charge on any atom is -0.351 e. The number of carbonyl (C=O) groups excluding carboxylic acids is 1. The molecule has 0 aliphatic heterocycles. The summed E-state index contributed by atoms with van der Waals surface area (Å²) in [5, 5.41) is 11.4. The second-order valence-corrected chi connectivity index (χ2v) is 4.98. The Morgan fingerprint density at radius 1 is 1.33 bits per heavy atom. The zero-order valence-corrected chi connectivity index (χ0v) is 12.3. The van der Waals surface area contributed by atoms with Crippen molar-refractivity contribution in [3.63, 3.8) is 0 Å². The molecule has 0 bridgehead atoms. The first-order chi connectivity index (χ1) is 8.77. The van der Waals surface area contributed by atoms with Crippen LogP contribution in [-0.2, 0) is 0 Å². The van der Waals surface area contributed by atoms with E-state index in [1.807, 2.05) is 6.07 Å². The van der Waals surface area contributed by atoms with Crippen molar-refractivity contribution in [2.45, 2.75) is 25.7 Å². The number of hydrogen-bond acceptors (Lipinski definition) is 3. The van der Waals surface area contributed by atoms with Crippen molar-refractivity contribution < 1.29 is 4.79 Å². The number of aromatic nitrogens is 1. The summed E-state index contributed by atoms with van der Waals surface area (Å²) in [6.45, 7) is 0.682. The Kier molecular flexibility index (Phi) is 7.34. The van der Waals surface area contributed by atoms with Crippen LogP contribution in [0.2, 0.25) is 0 Å². The lowest BCUT2D eigenvalue weighted by Crippen LogP contribution is -2.25. The molecule has 18 heavy (non-hydrogen) atoms.